The maximum atomic E-state index is 13.5. The fraction of sp³-hybridized carbons (Fsp3) is 0.263. The number of fused-ring (bicyclic) bond motifs is 3. The number of halogens is 5. The number of rotatable bonds is 1. The molecule has 0 saturated heterocycles. The second-order valence-corrected chi connectivity index (χ2v) is 7.17. The molecule has 4 rings (SSSR count). The fourth-order valence-electron chi connectivity index (χ4n) is 3.94. The van der Waals surface area contributed by atoms with Gasteiger partial charge >= 0.3 is 6.18 Å². The summed E-state index contributed by atoms with van der Waals surface area (Å²) in [6.45, 7) is 0. The van der Waals surface area contributed by atoms with Crippen LogP contribution in [0.1, 0.15) is 35.1 Å². The first-order valence-electron chi connectivity index (χ1n) is 7.95. The predicted molar refractivity (Wildman–Crippen MR) is 94.3 cm³/mol. The standard InChI is InChI=1S/C19H14Cl2F3N/c20-15-9-8-12-10-5-3-6-11(10)17(25-18(12)16(15)21)13-4-1-2-7-14(13)19(22,23)24/h1-5,7-11,17,25H,6H2/t10-,11-,17+/m0/s1. The van der Waals surface area contributed by atoms with Crippen molar-refractivity contribution >= 4 is 28.9 Å². The summed E-state index contributed by atoms with van der Waals surface area (Å²) >= 11 is 12.5. The first kappa shape index (κ1) is 16.8. The zero-order valence-corrected chi connectivity index (χ0v) is 14.5. The van der Waals surface area contributed by atoms with Crippen molar-refractivity contribution in [1.29, 1.82) is 0 Å². The largest absolute Gasteiger partial charge is 0.416 e. The fourth-order valence-corrected chi connectivity index (χ4v) is 4.32. The van der Waals surface area contributed by atoms with Crippen LogP contribution in [0.25, 0.3) is 0 Å². The van der Waals surface area contributed by atoms with Gasteiger partial charge in [0, 0.05) is 5.92 Å². The first-order chi connectivity index (χ1) is 11.9. The molecule has 0 spiro atoms. The van der Waals surface area contributed by atoms with Gasteiger partial charge in [0.05, 0.1) is 27.3 Å². The van der Waals surface area contributed by atoms with E-state index in [0.717, 1.165) is 11.6 Å². The highest BCUT2D eigenvalue weighted by atomic mass is 35.5. The van der Waals surface area contributed by atoms with E-state index in [1.807, 2.05) is 12.1 Å². The second-order valence-electron chi connectivity index (χ2n) is 6.39. The van der Waals surface area contributed by atoms with Gasteiger partial charge in [0.15, 0.2) is 0 Å². The van der Waals surface area contributed by atoms with Crippen molar-refractivity contribution in [2.24, 2.45) is 5.92 Å². The topological polar surface area (TPSA) is 12.0 Å². The van der Waals surface area contributed by atoms with E-state index >= 15 is 0 Å². The van der Waals surface area contributed by atoms with Gasteiger partial charge in [-0.3, -0.25) is 0 Å². The number of hydrogen-bond acceptors (Lipinski definition) is 1. The molecule has 6 heteroatoms. The lowest BCUT2D eigenvalue weighted by atomic mass is 9.76. The Kier molecular flexibility index (Phi) is 4.00. The molecule has 2 aromatic carbocycles. The Hall–Kier alpha value is -1.65. The van der Waals surface area contributed by atoms with Crippen LogP contribution in [0.2, 0.25) is 10.0 Å². The molecule has 3 atom stereocenters. The molecule has 0 unspecified atom stereocenters. The van der Waals surface area contributed by atoms with Gasteiger partial charge in [0.1, 0.15) is 0 Å². The average molecular weight is 384 g/mol. The van der Waals surface area contributed by atoms with Crippen molar-refractivity contribution in [2.45, 2.75) is 24.6 Å². The van der Waals surface area contributed by atoms with Gasteiger partial charge in [0.25, 0.3) is 0 Å². The lowest BCUT2D eigenvalue weighted by molar-refractivity contribution is -0.138. The molecule has 0 fully saturated rings. The molecule has 2 aliphatic rings. The molecule has 1 nitrogen and oxygen atoms in total. The summed E-state index contributed by atoms with van der Waals surface area (Å²) < 4.78 is 40.5. The van der Waals surface area contributed by atoms with Crippen LogP contribution in [0.5, 0.6) is 0 Å². The number of nitrogens with one attached hydrogen (secondary N) is 1. The van der Waals surface area contributed by atoms with Gasteiger partial charge < -0.3 is 5.32 Å². The Bertz CT molecular complexity index is 860. The van der Waals surface area contributed by atoms with Gasteiger partial charge in [-0.2, -0.15) is 13.2 Å². The number of anilines is 1. The molecule has 130 valence electrons. The zero-order valence-electron chi connectivity index (χ0n) is 12.9. The molecular formula is C19H14Cl2F3N. The summed E-state index contributed by atoms with van der Waals surface area (Å²) in [5, 5.41) is 3.99. The van der Waals surface area contributed by atoms with E-state index in [2.05, 4.69) is 11.4 Å². The third-order valence-corrected chi connectivity index (χ3v) is 5.83. The van der Waals surface area contributed by atoms with Crippen LogP contribution in [-0.4, -0.2) is 0 Å². The van der Waals surface area contributed by atoms with Crippen molar-refractivity contribution in [3.63, 3.8) is 0 Å². The number of hydrogen-bond donors (Lipinski definition) is 1. The average Bonchev–Trinajstić information content (AvgIpc) is 3.06. The summed E-state index contributed by atoms with van der Waals surface area (Å²) in [5.41, 5.74) is 1.24. The number of alkyl halides is 3. The second kappa shape index (κ2) is 5.96. The number of benzene rings is 2. The van der Waals surface area contributed by atoms with E-state index in [4.69, 9.17) is 23.2 Å². The van der Waals surface area contributed by atoms with Crippen LogP contribution < -0.4 is 5.32 Å². The Labute approximate surface area is 153 Å². The molecule has 0 saturated carbocycles. The van der Waals surface area contributed by atoms with Gasteiger partial charge in [-0.1, -0.05) is 59.6 Å². The van der Waals surface area contributed by atoms with Crippen LogP contribution in [0.4, 0.5) is 18.9 Å². The summed E-state index contributed by atoms with van der Waals surface area (Å²) in [4.78, 5) is 0. The SMILES string of the molecule is FC(F)(F)c1ccccc1[C@@H]1Nc2c(ccc(Cl)c2Cl)[C@H]2C=CC[C@@H]21. The zero-order chi connectivity index (χ0) is 17.8. The lowest BCUT2D eigenvalue weighted by Crippen LogP contribution is -2.31. The van der Waals surface area contributed by atoms with Crippen molar-refractivity contribution in [1.82, 2.24) is 0 Å². The molecule has 0 bridgehead atoms. The molecule has 0 radical (unpaired) electrons. The normalized spacial score (nSPS) is 24.6. The summed E-state index contributed by atoms with van der Waals surface area (Å²) in [6.07, 6.45) is 0.391. The van der Waals surface area contributed by atoms with E-state index < -0.39 is 17.8 Å². The Balaban J connectivity index is 1.87. The van der Waals surface area contributed by atoms with Crippen LogP contribution in [0.3, 0.4) is 0 Å². The highest BCUT2D eigenvalue weighted by molar-refractivity contribution is 6.43. The van der Waals surface area contributed by atoms with Gasteiger partial charge in [0.2, 0.25) is 0 Å². The van der Waals surface area contributed by atoms with E-state index in [0.29, 0.717) is 22.2 Å². The van der Waals surface area contributed by atoms with Crippen molar-refractivity contribution in [3.8, 4) is 0 Å². The van der Waals surface area contributed by atoms with Crippen molar-refractivity contribution < 1.29 is 13.2 Å². The van der Waals surface area contributed by atoms with Crippen LogP contribution >= 0.6 is 23.2 Å². The van der Waals surface area contributed by atoms with Gasteiger partial charge in [-0.15, -0.1) is 0 Å². The monoisotopic (exact) mass is 383 g/mol. The predicted octanol–water partition coefficient (Wildman–Crippen LogP) is 6.84. The van der Waals surface area contributed by atoms with E-state index in [9.17, 15) is 13.2 Å². The smallest absolute Gasteiger partial charge is 0.376 e. The molecule has 1 aliphatic heterocycles. The van der Waals surface area contributed by atoms with E-state index in [1.165, 1.54) is 6.07 Å². The van der Waals surface area contributed by atoms with Crippen molar-refractivity contribution in [3.05, 3.63) is 75.3 Å². The third-order valence-electron chi connectivity index (χ3n) is 5.03. The van der Waals surface area contributed by atoms with Crippen LogP contribution in [0.15, 0.2) is 48.6 Å². The number of allylic oxidation sites excluding steroid dienone is 2. The minimum atomic E-state index is -4.40. The maximum absolute atomic E-state index is 13.5. The molecule has 0 aromatic heterocycles. The van der Waals surface area contributed by atoms with Crippen LogP contribution in [0, 0.1) is 5.92 Å². The van der Waals surface area contributed by atoms with Crippen molar-refractivity contribution in [2.75, 3.05) is 5.32 Å². The Morgan fingerprint density at radius 1 is 1.00 bits per heavy atom. The quantitative estimate of drug-likeness (QED) is 0.531. The van der Waals surface area contributed by atoms with Gasteiger partial charge in [-0.25, -0.2) is 0 Å². The third kappa shape index (κ3) is 2.72. The minimum absolute atomic E-state index is 0.00763. The summed E-state index contributed by atoms with van der Waals surface area (Å²) in [6, 6.07) is 8.87. The molecule has 1 heterocycles. The molecule has 1 N–H and O–H groups in total. The maximum Gasteiger partial charge on any atom is 0.416 e. The highest BCUT2D eigenvalue weighted by Gasteiger charge is 2.43. The highest BCUT2D eigenvalue weighted by Crippen LogP contribution is 2.53. The molecule has 0 amide bonds. The Morgan fingerprint density at radius 2 is 1.76 bits per heavy atom. The minimum Gasteiger partial charge on any atom is -0.376 e. The summed E-state index contributed by atoms with van der Waals surface area (Å²) in [7, 11) is 0. The van der Waals surface area contributed by atoms with Gasteiger partial charge in [-0.05, 0) is 35.6 Å². The lowest BCUT2D eigenvalue weighted by Gasteiger charge is -2.39. The Morgan fingerprint density at radius 3 is 2.52 bits per heavy atom. The van der Waals surface area contributed by atoms with E-state index in [1.54, 1.807) is 18.2 Å². The van der Waals surface area contributed by atoms with Crippen LogP contribution in [-0.2, 0) is 6.18 Å². The summed E-state index contributed by atoms with van der Waals surface area (Å²) in [5.74, 6) is 0.0329. The molecule has 1 aliphatic carbocycles. The molecule has 2 aromatic rings. The van der Waals surface area contributed by atoms with E-state index in [-0.39, 0.29) is 17.4 Å². The first-order valence-corrected chi connectivity index (χ1v) is 8.70. The molecule has 25 heavy (non-hydrogen) atoms. The molecular weight excluding hydrogens is 370 g/mol.